The lowest BCUT2D eigenvalue weighted by molar-refractivity contribution is -0.141. The van der Waals surface area contributed by atoms with Crippen molar-refractivity contribution in [2.24, 2.45) is 17.8 Å². The minimum Gasteiger partial charge on any atom is -0.508 e. The molecular formula is C25H25BrCl2N2O6. The van der Waals surface area contributed by atoms with Gasteiger partial charge in [0, 0.05) is 24.1 Å². The number of alkyl halides is 3. The van der Waals surface area contributed by atoms with Gasteiger partial charge in [-0.2, -0.15) is 0 Å². The summed E-state index contributed by atoms with van der Waals surface area (Å²) in [7, 11) is 1.42. The van der Waals surface area contributed by atoms with Gasteiger partial charge >= 0.3 is 0 Å². The van der Waals surface area contributed by atoms with E-state index in [0.717, 1.165) is 4.90 Å². The molecule has 192 valence electrons. The molecule has 11 heteroatoms. The van der Waals surface area contributed by atoms with Crippen LogP contribution in [0.1, 0.15) is 37.7 Å². The predicted molar refractivity (Wildman–Crippen MR) is 135 cm³/mol. The summed E-state index contributed by atoms with van der Waals surface area (Å²) >= 11 is 17.5. The van der Waals surface area contributed by atoms with Crippen molar-refractivity contribution >= 4 is 62.8 Å². The zero-order valence-electron chi connectivity index (χ0n) is 19.7. The van der Waals surface area contributed by atoms with E-state index in [-0.39, 0.29) is 35.2 Å². The smallest absolute Gasteiger partial charge is 0.254 e. The van der Waals surface area contributed by atoms with Gasteiger partial charge in [0.15, 0.2) is 9.75 Å². The summed E-state index contributed by atoms with van der Waals surface area (Å²) in [6.45, 7) is 2.22. The largest absolute Gasteiger partial charge is 0.508 e. The molecule has 6 atom stereocenters. The quantitative estimate of drug-likeness (QED) is 0.240. The number of phenols is 1. The number of amides is 4. The molecule has 2 aliphatic heterocycles. The maximum Gasteiger partial charge on any atom is 0.254 e. The lowest BCUT2D eigenvalue weighted by Crippen LogP contribution is -2.60. The summed E-state index contributed by atoms with van der Waals surface area (Å²) in [6, 6.07) is 4.44. The van der Waals surface area contributed by atoms with E-state index in [0.29, 0.717) is 30.5 Å². The number of fused-ring (bicyclic) bond motifs is 4. The van der Waals surface area contributed by atoms with Crippen LogP contribution < -0.4 is 4.74 Å². The van der Waals surface area contributed by atoms with Crippen LogP contribution in [-0.2, 0) is 19.2 Å². The van der Waals surface area contributed by atoms with Gasteiger partial charge in [-0.05, 0) is 31.2 Å². The Morgan fingerprint density at radius 3 is 2.47 bits per heavy atom. The van der Waals surface area contributed by atoms with Crippen molar-refractivity contribution in [1.82, 2.24) is 9.80 Å². The maximum atomic E-state index is 13.7. The molecule has 0 radical (unpaired) electrons. The van der Waals surface area contributed by atoms with Crippen LogP contribution in [0.15, 0.2) is 29.8 Å². The van der Waals surface area contributed by atoms with Crippen molar-refractivity contribution in [3.05, 3.63) is 35.4 Å². The Morgan fingerprint density at radius 2 is 1.83 bits per heavy atom. The van der Waals surface area contributed by atoms with Gasteiger partial charge in [-0.1, -0.05) is 40.6 Å². The van der Waals surface area contributed by atoms with Gasteiger partial charge in [0.2, 0.25) is 11.8 Å². The fourth-order valence-corrected chi connectivity index (χ4v) is 7.96. The number of hydrogen-bond donors (Lipinski definition) is 1. The number of allylic oxidation sites excluding steroid dienone is 2. The van der Waals surface area contributed by atoms with Crippen LogP contribution in [-0.4, -0.2) is 67.4 Å². The van der Waals surface area contributed by atoms with Crippen molar-refractivity contribution in [1.29, 1.82) is 0 Å². The first-order valence-corrected chi connectivity index (χ1v) is 13.7. The normalized spacial score (nSPS) is 35.5. The molecule has 36 heavy (non-hydrogen) atoms. The highest BCUT2D eigenvalue weighted by molar-refractivity contribution is 9.09. The topological polar surface area (TPSA) is 104 Å². The molecule has 2 heterocycles. The zero-order valence-corrected chi connectivity index (χ0v) is 22.8. The molecule has 5 rings (SSSR count). The van der Waals surface area contributed by atoms with E-state index in [1.54, 1.807) is 6.07 Å². The Balaban J connectivity index is 1.74. The average molecular weight is 600 g/mol. The second-order valence-corrected chi connectivity index (χ2v) is 11.5. The number of halogens is 3. The third-order valence-corrected chi connectivity index (χ3v) is 10.00. The van der Waals surface area contributed by atoms with E-state index in [1.165, 1.54) is 24.1 Å². The SMILES string of the molecule is CCCN1C(=O)[C@H]2[C@H](CC=C3[C@H]2C[C@@]2(Cl)C(=O)N(CBr)C(=O)[C@@]2(Cl)[C@H]3c2ccc(O)cc2OC)C1=O. The molecule has 0 spiro atoms. The van der Waals surface area contributed by atoms with Crippen LogP contribution in [0.4, 0.5) is 0 Å². The number of carbonyl (C=O) groups excluding carboxylic acids is 4. The van der Waals surface area contributed by atoms with E-state index in [9.17, 15) is 24.3 Å². The van der Waals surface area contributed by atoms with Gasteiger partial charge in [-0.25, -0.2) is 0 Å². The van der Waals surface area contributed by atoms with E-state index < -0.39 is 45.2 Å². The highest BCUT2D eigenvalue weighted by Gasteiger charge is 2.76. The molecule has 4 aliphatic rings. The summed E-state index contributed by atoms with van der Waals surface area (Å²) in [5.74, 6) is -4.35. The molecule has 1 saturated carbocycles. The fraction of sp³-hybridized carbons (Fsp3) is 0.520. The van der Waals surface area contributed by atoms with E-state index in [4.69, 9.17) is 27.9 Å². The number of hydrogen-bond acceptors (Lipinski definition) is 6. The summed E-state index contributed by atoms with van der Waals surface area (Å²) in [4.78, 5) is 52.5. The summed E-state index contributed by atoms with van der Waals surface area (Å²) in [6.07, 6.45) is 2.75. The average Bonchev–Trinajstić information content (AvgIpc) is 3.18. The molecule has 1 N–H and O–H groups in total. The van der Waals surface area contributed by atoms with Gasteiger partial charge < -0.3 is 9.84 Å². The van der Waals surface area contributed by atoms with Gasteiger partial charge in [0.1, 0.15) is 11.5 Å². The van der Waals surface area contributed by atoms with Crippen LogP contribution in [0.3, 0.4) is 0 Å². The molecule has 0 aromatic heterocycles. The lowest BCUT2D eigenvalue weighted by atomic mass is 9.56. The Bertz CT molecular complexity index is 1220. The van der Waals surface area contributed by atoms with Crippen molar-refractivity contribution in [3.63, 3.8) is 0 Å². The van der Waals surface area contributed by atoms with Gasteiger partial charge in [-0.3, -0.25) is 29.0 Å². The molecule has 8 nitrogen and oxygen atoms in total. The Labute approximate surface area is 226 Å². The van der Waals surface area contributed by atoms with Crippen LogP contribution in [0.2, 0.25) is 0 Å². The van der Waals surface area contributed by atoms with Gasteiger partial charge in [0.25, 0.3) is 11.8 Å². The minimum atomic E-state index is -1.91. The number of aromatic hydroxyl groups is 1. The van der Waals surface area contributed by atoms with Crippen molar-refractivity contribution in [3.8, 4) is 11.5 Å². The van der Waals surface area contributed by atoms with E-state index in [2.05, 4.69) is 15.9 Å². The van der Waals surface area contributed by atoms with Crippen LogP contribution in [0.25, 0.3) is 0 Å². The molecule has 0 bridgehead atoms. The molecule has 2 aliphatic carbocycles. The van der Waals surface area contributed by atoms with Crippen molar-refractivity contribution < 1.29 is 29.0 Å². The molecule has 1 aromatic carbocycles. The number of benzene rings is 1. The first kappa shape index (κ1) is 25.5. The Hall–Kier alpha value is -2.10. The fourth-order valence-electron chi connectivity index (χ4n) is 6.55. The number of carbonyl (C=O) groups is 4. The number of imide groups is 2. The van der Waals surface area contributed by atoms with Crippen molar-refractivity contribution in [2.75, 3.05) is 19.1 Å². The number of likely N-dealkylation sites (tertiary alicyclic amines) is 2. The zero-order chi connectivity index (χ0) is 26.2. The van der Waals surface area contributed by atoms with E-state index in [1.807, 2.05) is 13.0 Å². The number of nitrogens with zero attached hydrogens (tertiary/aromatic N) is 2. The summed E-state index contributed by atoms with van der Waals surface area (Å²) in [5, 5.41) is 10.1. The lowest BCUT2D eigenvalue weighted by Gasteiger charge is -2.51. The molecular weight excluding hydrogens is 575 g/mol. The first-order valence-electron chi connectivity index (χ1n) is 11.8. The van der Waals surface area contributed by atoms with Gasteiger partial charge in [-0.15, -0.1) is 23.2 Å². The molecule has 4 amide bonds. The highest BCUT2D eigenvalue weighted by Crippen LogP contribution is 2.66. The Kier molecular flexibility index (Phi) is 6.20. The summed E-state index contributed by atoms with van der Waals surface area (Å²) in [5.41, 5.74) is 1.05. The second-order valence-electron chi connectivity index (χ2n) is 9.74. The van der Waals surface area contributed by atoms with Crippen LogP contribution in [0.5, 0.6) is 11.5 Å². The minimum absolute atomic E-state index is 0.0518. The van der Waals surface area contributed by atoms with Gasteiger partial charge in [0.05, 0.1) is 24.4 Å². The predicted octanol–water partition coefficient (Wildman–Crippen LogP) is 3.52. The monoisotopic (exact) mass is 598 g/mol. The standard InChI is InChI=1S/C25H25BrCl2N2O6/c1-3-8-29-20(32)15-7-6-13-16(18(15)21(29)33)10-24(27)22(34)30(11-26)23(35)25(24,28)19(13)14-5-4-12(31)9-17(14)36-2/h4-6,9,15-16,18-19,31H,3,7-8,10-11H2,1-2H3/t15-,16+,18-,19+,24+,25-/m0/s1. The van der Waals surface area contributed by atoms with E-state index >= 15 is 0 Å². The summed E-state index contributed by atoms with van der Waals surface area (Å²) < 4.78 is 5.54. The number of ether oxygens (including phenoxy) is 1. The molecule has 3 fully saturated rings. The third kappa shape index (κ3) is 3.11. The third-order valence-electron chi connectivity index (χ3n) is 8.08. The van der Waals surface area contributed by atoms with Crippen LogP contribution >= 0.6 is 39.1 Å². The molecule has 1 aromatic rings. The Morgan fingerprint density at radius 1 is 1.11 bits per heavy atom. The first-order chi connectivity index (χ1) is 17.1. The number of phenolic OH excluding ortho intramolecular Hbond substituents is 1. The maximum absolute atomic E-state index is 13.7. The van der Waals surface area contributed by atoms with Crippen molar-refractivity contribution in [2.45, 2.75) is 41.9 Å². The number of rotatable bonds is 5. The number of methoxy groups -OCH3 is 1. The molecule has 0 unspecified atom stereocenters. The highest BCUT2D eigenvalue weighted by atomic mass is 79.9. The van der Waals surface area contributed by atoms with Crippen LogP contribution in [0, 0.1) is 17.8 Å². The second kappa shape index (κ2) is 8.74. The molecule has 2 saturated heterocycles.